The Morgan fingerprint density at radius 1 is 1.58 bits per heavy atom. The van der Waals surface area contributed by atoms with Crippen LogP contribution in [0.1, 0.15) is 0 Å². The van der Waals surface area contributed by atoms with E-state index in [1.165, 1.54) is 12.2 Å². The van der Waals surface area contributed by atoms with Crippen LogP contribution in [0.15, 0.2) is 12.2 Å². The van der Waals surface area contributed by atoms with Crippen LogP contribution in [0.25, 0.3) is 0 Å². The summed E-state index contributed by atoms with van der Waals surface area (Å²) >= 11 is 0. The normalized spacial score (nSPS) is 21.1. The predicted octanol–water partition coefficient (Wildman–Crippen LogP) is -0.0212. The lowest BCUT2D eigenvalue weighted by molar-refractivity contribution is -0.160. The highest BCUT2D eigenvalue weighted by molar-refractivity contribution is 5.88. The van der Waals surface area contributed by atoms with Crippen LogP contribution in [0.4, 0.5) is 8.78 Å². The summed E-state index contributed by atoms with van der Waals surface area (Å²) in [5.74, 6) is -3.09. The molecule has 1 fully saturated rings. The molecule has 0 aliphatic carbocycles. The highest BCUT2D eigenvalue weighted by atomic mass is 19.3. The van der Waals surface area contributed by atoms with Crippen molar-refractivity contribution in [3.8, 4) is 0 Å². The van der Waals surface area contributed by atoms with E-state index in [0.717, 1.165) is 4.90 Å². The van der Waals surface area contributed by atoms with E-state index < -0.39 is 24.9 Å². The number of halogens is 2. The molecule has 0 bridgehead atoms. The molecule has 0 atom stereocenters. The van der Waals surface area contributed by atoms with Crippen LogP contribution in [-0.2, 0) is 4.79 Å². The van der Waals surface area contributed by atoms with Crippen molar-refractivity contribution in [3.63, 3.8) is 0 Å². The molecular weight excluding hydrogens is 166 g/mol. The lowest BCUT2D eigenvalue weighted by Gasteiger charge is -2.37. The lowest BCUT2D eigenvalue weighted by atomic mass is 10.1. The van der Waals surface area contributed by atoms with Gasteiger partial charge in [0.2, 0.25) is 5.91 Å². The molecule has 0 saturated carbocycles. The Labute approximate surface area is 68.8 Å². The molecule has 1 amide bonds. The Bertz CT molecular complexity index is 207. The van der Waals surface area contributed by atoms with E-state index in [1.54, 1.807) is 0 Å². The summed E-state index contributed by atoms with van der Waals surface area (Å²) in [6.07, 6.45) is 2.66. The smallest absolute Gasteiger partial charge is 0.282 e. The van der Waals surface area contributed by atoms with E-state index in [2.05, 4.69) is 0 Å². The number of alkyl halides is 2. The largest absolute Gasteiger partial charge is 0.327 e. The van der Waals surface area contributed by atoms with E-state index in [1.807, 2.05) is 0 Å². The maximum absolute atomic E-state index is 12.2. The third kappa shape index (κ3) is 2.01. The van der Waals surface area contributed by atoms with Gasteiger partial charge in [0.25, 0.3) is 5.92 Å². The fraction of sp³-hybridized carbons (Fsp3) is 0.571. The first kappa shape index (κ1) is 9.12. The quantitative estimate of drug-likeness (QED) is 0.601. The SMILES string of the molecule is NC/C=C\C(=O)N1CC(F)(F)C1. The molecule has 0 aromatic carbocycles. The van der Waals surface area contributed by atoms with Gasteiger partial charge in [-0.2, -0.15) is 0 Å². The highest BCUT2D eigenvalue weighted by Gasteiger charge is 2.45. The molecular formula is C7H10F2N2O. The first-order chi connectivity index (χ1) is 5.55. The molecule has 0 unspecified atom stereocenters. The highest BCUT2D eigenvalue weighted by Crippen LogP contribution is 2.26. The molecule has 0 aromatic heterocycles. The molecule has 0 spiro atoms. The number of likely N-dealkylation sites (tertiary alicyclic amines) is 1. The standard InChI is InChI=1S/C7H10F2N2O/c8-7(9)4-11(5-7)6(12)2-1-3-10/h1-2H,3-5,10H2/b2-1-. The fourth-order valence-corrected chi connectivity index (χ4v) is 0.942. The van der Waals surface area contributed by atoms with Crippen LogP contribution in [0, 0.1) is 0 Å². The van der Waals surface area contributed by atoms with Crippen LogP contribution < -0.4 is 5.73 Å². The van der Waals surface area contributed by atoms with Gasteiger partial charge < -0.3 is 10.6 Å². The first-order valence-electron chi connectivity index (χ1n) is 3.58. The Kier molecular flexibility index (Phi) is 2.42. The second-order valence-electron chi connectivity index (χ2n) is 2.69. The van der Waals surface area contributed by atoms with Crippen LogP contribution >= 0.6 is 0 Å². The molecule has 1 aliphatic rings. The molecule has 2 N–H and O–H groups in total. The summed E-state index contributed by atoms with van der Waals surface area (Å²) in [6.45, 7) is -0.697. The van der Waals surface area contributed by atoms with Gasteiger partial charge in [-0.25, -0.2) is 8.78 Å². The van der Waals surface area contributed by atoms with Gasteiger partial charge in [-0.05, 0) is 0 Å². The zero-order chi connectivity index (χ0) is 9.19. The van der Waals surface area contributed by atoms with Crippen molar-refractivity contribution >= 4 is 5.91 Å². The number of hydrogen-bond acceptors (Lipinski definition) is 2. The zero-order valence-electron chi connectivity index (χ0n) is 6.46. The molecule has 0 aromatic rings. The fourth-order valence-electron chi connectivity index (χ4n) is 0.942. The maximum Gasteiger partial charge on any atom is 0.282 e. The van der Waals surface area contributed by atoms with Crippen LogP contribution in [0.2, 0.25) is 0 Å². The maximum atomic E-state index is 12.2. The number of amides is 1. The van der Waals surface area contributed by atoms with E-state index in [9.17, 15) is 13.6 Å². The van der Waals surface area contributed by atoms with E-state index in [-0.39, 0.29) is 6.54 Å². The first-order valence-corrected chi connectivity index (χ1v) is 3.58. The van der Waals surface area contributed by atoms with Crippen LogP contribution in [0.3, 0.4) is 0 Å². The van der Waals surface area contributed by atoms with Crippen molar-refractivity contribution in [2.75, 3.05) is 19.6 Å². The lowest BCUT2D eigenvalue weighted by Crippen LogP contribution is -2.58. The summed E-state index contributed by atoms with van der Waals surface area (Å²) in [5, 5.41) is 0. The number of carbonyl (C=O) groups is 1. The van der Waals surface area contributed by atoms with E-state index in [0.29, 0.717) is 0 Å². The minimum atomic E-state index is -2.69. The van der Waals surface area contributed by atoms with Gasteiger partial charge in [-0.15, -0.1) is 0 Å². The summed E-state index contributed by atoms with van der Waals surface area (Å²) in [7, 11) is 0. The van der Waals surface area contributed by atoms with Gasteiger partial charge in [0, 0.05) is 12.6 Å². The van der Waals surface area contributed by atoms with Gasteiger partial charge in [-0.1, -0.05) is 6.08 Å². The van der Waals surface area contributed by atoms with Crippen molar-refractivity contribution in [2.24, 2.45) is 5.73 Å². The molecule has 1 rings (SSSR count). The average Bonchev–Trinajstić information content (AvgIpc) is 1.95. The van der Waals surface area contributed by atoms with E-state index >= 15 is 0 Å². The second-order valence-corrected chi connectivity index (χ2v) is 2.69. The number of nitrogens with two attached hydrogens (primary N) is 1. The topological polar surface area (TPSA) is 46.3 Å². The summed E-state index contributed by atoms with van der Waals surface area (Å²) in [4.78, 5) is 12.0. The van der Waals surface area contributed by atoms with Crippen molar-refractivity contribution in [1.82, 2.24) is 4.90 Å². The Balaban J connectivity index is 2.33. The van der Waals surface area contributed by atoms with Gasteiger partial charge in [0.1, 0.15) is 0 Å². The Morgan fingerprint density at radius 2 is 2.17 bits per heavy atom. The Hall–Kier alpha value is -0.970. The second kappa shape index (κ2) is 3.18. The molecule has 1 aliphatic heterocycles. The number of carbonyl (C=O) groups excluding carboxylic acids is 1. The molecule has 12 heavy (non-hydrogen) atoms. The summed E-state index contributed by atoms with van der Waals surface area (Å²) in [6, 6.07) is 0. The summed E-state index contributed by atoms with van der Waals surface area (Å²) < 4.78 is 24.5. The monoisotopic (exact) mass is 176 g/mol. The summed E-state index contributed by atoms with van der Waals surface area (Å²) in [5.41, 5.74) is 5.08. The molecule has 1 heterocycles. The zero-order valence-corrected chi connectivity index (χ0v) is 6.46. The van der Waals surface area contributed by atoms with Crippen LogP contribution in [-0.4, -0.2) is 36.4 Å². The molecule has 68 valence electrons. The number of hydrogen-bond donors (Lipinski definition) is 1. The van der Waals surface area contributed by atoms with Crippen molar-refractivity contribution < 1.29 is 13.6 Å². The predicted molar refractivity (Wildman–Crippen MR) is 39.7 cm³/mol. The minimum absolute atomic E-state index is 0.246. The third-order valence-corrected chi connectivity index (χ3v) is 1.55. The molecule has 5 heteroatoms. The van der Waals surface area contributed by atoms with Crippen molar-refractivity contribution in [1.29, 1.82) is 0 Å². The molecule has 1 saturated heterocycles. The molecule has 0 radical (unpaired) electrons. The molecule has 3 nitrogen and oxygen atoms in total. The van der Waals surface area contributed by atoms with Gasteiger partial charge in [-0.3, -0.25) is 4.79 Å². The van der Waals surface area contributed by atoms with E-state index in [4.69, 9.17) is 5.73 Å². The van der Waals surface area contributed by atoms with Crippen LogP contribution in [0.5, 0.6) is 0 Å². The minimum Gasteiger partial charge on any atom is -0.327 e. The average molecular weight is 176 g/mol. The number of nitrogens with zero attached hydrogens (tertiary/aromatic N) is 1. The van der Waals surface area contributed by atoms with Gasteiger partial charge in [0.05, 0.1) is 13.1 Å². The van der Waals surface area contributed by atoms with Gasteiger partial charge >= 0.3 is 0 Å². The Morgan fingerprint density at radius 3 is 2.58 bits per heavy atom. The van der Waals surface area contributed by atoms with Gasteiger partial charge in [0.15, 0.2) is 0 Å². The third-order valence-electron chi connectivity index (χ3n) is 1.55. The van der Waals surface area contributed by atoms with Crippen molar-refractivity contribution in [3.05, 3.63) is 12.2 Å². The van der Waals surface area contributed by atoms with Crippen molar-refractivity contribution in [2.45, 2.75) is 5.92 Å². The number of rotatable bonds is 2.